The maximum absolute atomic E-state index is 13.7. The van der Waals surface area contributed by atoms with Gasteiger partial charge in [-0.05, 0) is 48.1 Å². The van der Waals surface area contributed by atoms with Crippen LogP contribution in [-0.2, 0) is 22.6 Å². The molecule has 2 aliphatic heterocycles. The summed E-state index contributed by atoms with van der Waals surface area (Å²) in [5.74, 6) is 0.00971. The zero-order valence-electron chi connectivity index (χ0n) is 22.0. The van der Waals surface area contributed by atoms with E-state index in [9.17, 15) is 9.59 Å². The van der Waals surface area contributed by atoms with Crippen LogP contribution in [0.3, 0.4) is 0 Å². The van der Waals surface area contributed by atoms with Crippen LogP contribution in [0.1, 0.15) is 36.5 Å². The number of rotatable bonds is 7. The van der Waals surface area contributed by atoms with E-state index in [0.717, 1.165) is 61.4 Å². The SMILES string of the molecule is CC(=O)N1CCc2ccc(N(C(=O)C=CC=Cc3ccccc3)C3CCN(Cc4ccccc4)CC3)cc21. The molecule has 5 rings (SSSR count). The van der Waals surface area contributed by atoms with E-state index in [1.807, 2.05) is 76.6 Å². The average molecular weight is 506 g/mol. The fourth-order valence-corrected chi connectivity index (χ4v) is 5.49. The lowest BCUT2D eigenvalue weighted by Crippen LogP contribution is -2.47. The molecule has 0 radical (unpaired) electrons. The van der Waals surface area contributed by atoms with E-state index in [4.69, 9.17) is 0 Å². The molecule has 3 aromatic rings. The first-order valence-electron chi connectivity index (χ1n) is 13.5. The summed E-state index contributed by atoms with van der Waals surface area (Å²) in [5.41, 5.74) is 5.36. The molecule has 0 aliphatic carbocycles. The minimum absolute atomic E-state index is 0.0310. The Morgan fingerprint density at radius 2 is 1.61 bits per heavy atom. The second-order valence-electron chi connectivity index (χ2n) is 10.1. The van der Waals surface area contributed by atoms with Crippen LogP contribution in [0, 0.1) is 0 Å². The molecule has 0 bridgehead atoms. The summed E-state index contributed by atoms with van der Waals surface area (Å²) in [4.78, 5) is 32.1. The predicted octanol–water partition coefficient (Wildman–Crippen LogP) is 5.86. The third-order valence-electron chi connectivity index (χ3n) is 7.47. The summed E-state index contributed by atoms with van der Waals surface area (Å²) < 4.78 is 0. The van der Waals surface area contributed by atoms with Gasteiger partial charge >= 0.3 is 0 Å². The summed E-state index contributed by atoms with van der Waals surface area (Å²) in [7, 11) is 0. The number of carbonyl (C=O) groups is 2. The molecule has 0 saturated carbocycles. The van der Waals surface area contributed by atoms with E-state index in [1.165, 1.54) is 5.56 Å². The third kappa shape index (κ3) is 6.12. The second-order valence-corrected chi connectivity index (χ2v) is 10.1. The van der Waals surface area contributed by atoms with Crippen molar-refractivity contribution in [2.24, 2.45) is 0 Å². The van der Waals surface area contributed by atoms with Gasteiger partial charge in [0.25, 0.3) is 5.91 Å². The number of benzene rings is 3. The van der Waals surface area contributed by atoms with Gasteiger partial charge in [0.1, 0.15) is 0 Å². The first-order valence-corrected chi connectivity index (χ1v) is 13.5. The van der Waals surface area contributed by atoms with Gasteiger partial charge in [0, 0.05) is 56.6 Å². The van der Waals surface area contributed by atoms with E-state index < -0.39 is 0 Å². The average Bonchev–Trinajstić information content (AvgIpc) is 3.37. The smallest absolute Gasteiger partial charge is 0.251 e. The zero-order chi connectivity index (χ0) is 26.3. The number of fused-ring (bicyclic) bond motifs is 1. The van der Waals surface area contributed by atoms with Crippen molar-refractivity contribution in [1.29, 1.82) is 0 Å². The molecule has 2 heterocycles. The molecule has 5 heteroatoms. The van der Waals surface area contributed by atoms with Crippen LogP contribution in [-0.4, -0.2) is 42.4 Å². The summed E-state index contributed by atoms with van der Waals surface area (Å²) in [5, 5.41) is 0. The molecule has 1 fully saturated rings. The van der Waals surface area contributed by atoms with Crippen LogP contribution in [0.25, 0.3) is 6.08 Å². The van der Waals surface area contributed by atoms with Crippen LogP contribution < -0.4 is 9.80 Å². The van der Waals surface area contributed by atoms with Crippen LogP contribution >= 0.6 is 0 Å². The molecule has 0 aromatic heterocycles. The number of hydrogen-bond acceptors (Lipinski definition) is 3. The Balaban J connectivity index is 1.35. The fraction of sp³-hybridized carbons (Fsp3) is 0.273. The fourth-order valence-electron chi connectivity index (χ4n) is 5.49. The lowest BCUT2D eigenvalue weighted by atomic mass is 10.0. The minimum atomic E-state index is -0.0310. The second kappa shape index (κ2) is 12.1. The minimum Gasteiger partial charge on any atom is -0.312 e. The van der Waals surface area contributed by atoms with Crippen LogP contribution in [0.15, 0.2) is 97.1 Å². The summed E-state index contributed by atoms with van der Waals surface area (Å²) in [6, 6.07) is 26.9. The van der Waals surface area contributed by atoms with Crippen molar-refractivity contribution in [2.75, 3.05) is 29.4 Å². The number of carbonyl (C=O) groups excluding carboxylic acids is 2. The number of likely N-dealkylation sites (tertiary alicyclic amines) is 1. The van der Waals surface area contributed by atoms with Gasteiger partial charge in [-0.25, -0.2) is 0 Å². The highest BCUT2D eigenvalue weighted by Crippen LogP contribution is 2.34. The maximum atomic E-state index is 13.7. The first kappa shape index (κ1) is 25.7. The molecular formula is C33H35N3O2. The molecule has 3 aromatic carbocycles. The Morgan fingerprint density at radius 3 is 2.32 bits per heavy atom. The van der Waals surface area contributed by atoms with Crippen molar-refractivity contribution in [1.82, 2.24) is 4.90 Å². The lowest BCUT2D eigenvalue weighted by molar-refractivity contribution is -0.116. The van der Waals surface area contributed by atoms with Crippen molar-refractivity contribution in [3.05, 3.63) is 114 Å². The molecule has 5 nitrogen and oxygen atoms in total. The molecule has 0 spiro atoms. The quantitative estimate of drug-likeness (QED) is 0.298. The van der Waals surface area contributed by atoms with Gasteiger partial charge in [0.15, 0.2) is 0 Å². The number of nitrogens with zero attached hydrogens (tertiary/aromatic N) is 3. The van der Waals surface area contributed by atoms with Crippen molar-refractivity contribution >= 4 is 29.3 Å². The highest BCUT2D eigenvalue weighted by Gasteiger charge is 2.30. The molecule has 2 amide bonds. The molecule has 38 heavy (non-hydrogen) atoms. The standard InChI is InChI=1S/C33H35N3O2/c1-26(37)35-23-18-29-16-17-31(24-32(29)35)36(33(38)15-9-8-12-27-10-4-2-5-11-27)30-19-21-34(22-20-30)25-28-13-6-3-7-14-28/h2-17,24,30H,18-23,25H2,1H3. The van der Waals surface area contributed by atoms with Crippen molar-refractivity contribution in [3.63, 3.8) is 0 Å². The number of allylic oxidation sites excluding steroid dienone is 2. The van der Waals surface area contributed by atoms with E-state index in [-0.39, 0.29) is 17.9 Å². The number of amides is 2. The van der Waals surface area contributed by atoms with Gasteiger partial charge in [0.05, 0.1) is 0 Å². The highest BCUT2D eigenvalue weighted by molar-refractivity contribution is 6.03. The molecule has 0 atom stereocenters. The highest BCUT2D eigenvalue weighted by atomic mass is 16.2. The molecule has 1 saturated heterocycles. The maximum Gasteiger partial charge on any atom is 0.251 e. The van der Waals surface area contributed by atoms with Gasteiger partial charge in [-0.1, -0.05) is 85.0 Å². The Labute approximate surface area is 225 Å². The van der Waals surface area contributed by atoms with Crippen molar-refractivity contribution in [3.8, 4) is 0 Å². The molecule has 0 N–H and O–H groups in total. The zero-order valence-corrected chi connectivity index (χ0v) is 22.0. The van der Waals surface area contributed by atoms with Gasteiger partial charge in [-0.3, -0.25) is 14.5 Å². The van der Waals surface area contributed by atoms with Crippen LogP contribution in [0.2, 0.25) is 0 Å². The van der Waals surface area contributed by atoms with Gasteiger partial charge < -0.3 is 9.80 Å². The van der Waals surface area contributed by atoms with E-state index in [1.54, 1.807) is 13.0 Å². The number of anilines is 2. The molecule has 194 valence electrons. The van der Waals surface area contributed by atoms with Gasteiger partial charge in [-0.15, -0.1) is 0 Å². The number of piperidine rings is 1. The van der Waals surface area contributed by atoms with E-state index >= 15 is 0 Å². The summed E-state index contributed by atoms with van der Waals surface area (Å²) in [6.45, 7) is 5.11. The molecule has 0 unspecified atom stereocenters. The monoisotopic (exact) mass is 505 g/mol. The summed E-state index contributed by atoms with van der Waals surface area (Å²) >= 11 is 0. The van der Waals surface area contributed by atoms with Crippen LogP contribution in [0.5, 0.6) is 0 Å². The molecule has 2 aliphatic rings. The van der Waals surface area contributed by atoms with Crippen molar-refractivity contribution in [2.45, 2.75) is 38.8 Å². The third-order valence-corrected chi connectivity index (χ3v) is 7.47. The van der Waals surface area contributed by atoms with E-state index in [0.29, 0.717) is 6.54 Å². The van der Waals surface area contributed by atoms with Gasteiger partial charge in [-0.2, -0.15) is 0 Å². The Hall–Kier alpha value is -3.96. The Kier molecular flexibility index (Phi) is 8.15. The Morgan fingerprint density at radius 1 is 0.895 bits per heavy atom. The predicted molar refractivity (Wildman–Crippen MR) is 155 cm³/mol. The lowest BCUT2D eigenvalue weighted by Gasteiger charge is -2.38. The first-order chi connectivity index (χ1) is 18.6. The van der Waals surface area contributed by atoms with Crippen molar-refractivity contribution < 1.29 is 9.59 Å². The topological polar surface area (TPSA) is 43.9 Å². The summed E-state index contributed by atoms with van der Waals surface area (Å²) in [6.07, 6.45) is 10.0. The van der Waals surface area contributed by atoms with Gasteiger partial charge in [0.2, 0.25) is 5.91 Å². The normalized spacial score (nSPS) is 16.3. The molecular weight excluding hydrogens is 470 g/mol. The Bertz CT molecular complexity index is 1310. The van der Waals surface area contributed by atoms with E-state index in [2.05, 4.69) is 35.2 Å². The van der Waals surface area contributed by atoms with Crippen LogP contribution in [0.4, 0.5) is 11.4 Å². The number of hydrogen-bond donors (Lipinski definition) is 0. The largest absolute Gasteiger partial charge is 0.312 e.